The Morgan fingerprint density at radius 2 is 1.71 bits per heavy atom. The summed E-state index contributed by atoms with van der Waals surface area (Å²) in [5, 5.41) is 23.3. The van der Waals surface area contributed by atoms with Crippen LogP contribution < -0.4 is 10.6 Å². The van der Waals surface area contributed by atoms with E-state index in [0.29, 0.717) is 32.6 Å². The van der Waals surface area contributed by atoms with Crippen molar-refractivity contribution in [1.29, 1.82) is 0 Å². The molecule has 1 aromatic rings. The van der Waals surface area contributed by atoms with Crippen LogP contribution in [0, 0.1) is 5.92 Å². The summed E-state index contributed by atoms with van der Waals surface area (Å²) in [6.45, 7) is 2.84. The van der Waals surface area contributed by atoms with E-state index in [4.69, 9.17) is 14.6 Å². The van der Waals surface area contributed by atoms with Crippen LogP contribution in [-0.4, -0.2) is 84.4 Å². The minimum atomic E-state index is -0.676. The zero-order chi connectivity index (χ0) is 22.2. The number of aliphatic hydroxyl groups excluding tert-OH is 1. The lowest BCUT2D eigenvalue weighted by molar-refractivity contribution is -0.126. The SMILES string of the molecule is O=C(CN1CCOCC1)N[C@@H]1C[C@H](C(=O)NC2Cc3ccccc3C2)C[C@H]1O.O=CO. The van der Waals surface area contributed by atoms with Gasteiger partial charge in [0.05, 0.1) is 31.9 Å². The van der Waals surface area contributed by atoms with Gasteiger partial charge in [0.2, 0.25) is 11.8 Å². The quantitative estimate of drug-likeness (QED) is 0.464. The van der Waals surface area contributed by atoms with E-state index in [0.717, 1.165) is 25.9 Å². The van der Waals surface area contributed by atoms with Gasteiger partial charge in [-0.25, -0.2) is 0 Å². The van der Waals surface area contributed by atoms with E-state index in [1.807, 2.05) is 17.0 Å². The standard InChI is InChI=1S/C21H29N3O4.CH2O2/c25-19-12-16(11-18(19)23-20(26)13-24-5-7-28-8-6-24)21(27)22-17-9-14-3-1-2-4-15(14)10-17;2-1-3/h1-4,16-19,25H,5-13H2,(H,22,27)(H,23,26);1H,(H,2,3)/t16-,18+,19+;/m0./s1. The van der Waals surface area contributed by atoms with Gasteiger partial charge in [-0.2, -0.15) is 0 Å². The van der Waals surface area contributed by atoms with Crippen molar-refractivity contribution in [1.82, 2.24) is 15.5 Å². The highest BCUT2D eigenvalue weighted by molar-refractivity contribution is 5.81. The molecule has 170 valence electrons. The summed E-state index contributed by atoms with van der Waals surface area (Å²) in [5.74, 6) is -0.368. The highest BCUT2D eigenvalue weighted by atomic mass is 16.5. The third-order valence-electron chi connectivity index (χ3n) is 6.11. The molecule has 0 unspecified atom stereocenters. The van der Waals surface area contributed by atoms with Gasteiger partial charge in [-0.1, -0.05) is 24.3 Å². The second kappa shape index (κ2) is 11.2. The third kappa shape index (κ3) is 6.49. The molecule has 1 heterocycles. The average Bonchev–Trinajstić information content (AvgIpc) is 3.32. The molecule has 0 bridgehead atoms. The van der Waals surface area contributed by atoms with Crippen molar-refractivity contribution < 1.29 is 29.3 Å². The van der Waals surface area contributed by atoms with Crippen molar-refractivity contribution in [2.24, 2.45) is 5.92 Å². The van der Waals surface area contributed by atoms with Crippen LogP contribution in [0.1, 0.15) is 24.0 Å². The van der Waals surface area contributed by atoms with Crippen molar-refractivity contribution in [2.75, 3.05) is 32.8 Å². The van der Waals surface area contributed by atoms with Gasteiger partial charge < -0.3 is 25.6 Å². The van der Waals surface area contributed by atoms with Gasteiger partial charge in [0.25, 0.3) is 6.47 Å². The Bertz CT molecular complexity index is 742. The van der Waals surface area contributed by atoms with Crippen molar-refractivity contribution in [3.63, 3.8) is 0 Å². The van der Waals surface area contributed by atoms with E-state index < -0.39 is 6.10 Å². The Morgan fingerprint density at radius 1 is 1.10 bits per heavy atom. The second-order valence-corrected chi connectivity index (χ2v) is 8.29. The minimum absolute atomic E-state index is 0.0122. The highest BCUT2D eigenvalue weighted by Gasteiger charge is 2.38. The van der Waals surface area contributed by atoms with Gasteiger partial charge in [0, 0.05) is 25.0 Å². The summed E-state index contributed by atoms with van der Waals surface area (Å²) in [6, 6.07) is 8.05. The molecule has 3 aliphatic rings. The molecule has 3 atom stereocenters. The van der Waals surface area contributed by atoms with Crippen LogP contribution in [0.25, 0.3) is 0 Å². The van der Waals surface area contributed by atoms with Crippen LogP contribution in [-0.2, 0) is 32.0 Å². The fraction of sp³-hybridized carbons (Fsp3) is 0.591. The maximum atomic E-state index is 12.7. The normalized spacial score (nSPS) is 25.8. The van der Waals surface area contributed by atoms with Gasteiger partial charge in [0.1, 0.15) is 0 Å². The van der Waals surface area contributed by atoms with E-state index in [1.54, 1.807) is 0 Å². The van der Waals surface area contributed by atoms with Crippen molar-refractivity contribution in [3.8, 4) is 0 Å². The Kier molecular flexibility index (Phi) is 8.39. The van der Waals surface area contributed by atoms with Crippen LogP contribution >= 0.6 is 0 Å². The predicted molar refractivity (Wildman–Crippen MR) is 112 cm³/mol. The molecule has 2 aliphatic carbocycles. The molecule has 9 nitrogen and oxygen atoms in total. The van der Waals surface area contributed by atoms with Gasteiger partial charge in [-0.15, -0.1) is 0 Å². The first-order chi connectivity index (χ1) is 15.0. The minimum Gasteiger partial charge on any atom is -0.483 e. The monoisotopic (exact) mass is 433 g/mol. The summed E-state index contributed by atoms with van der Waals surface area (Å²) in [5.41, 5.74) is 2.60. The lowest BCUT2D eigenvalue weighted by Gasteiger charge is -2.27. The number of rotatable bonds is 5. The number of carbonyl (C=O) groups excluding carboxylic acids is 2. The number of ether oxygens (including phenoxy) is 1. The van der Waals surface area contributed by atoms with Gasteiger partial charge in [0.15, 0.2) is 0 Å². The number of carbonyl (C=O) groups is 3. The molecule has 1 saturated heterocycles. The molecule has 4 N–H and O–H groups in total. The number of carboxylic acid groups (broad SMARTS) is 1. The Morgan fingerprint density at radius 3 is 2.32 bits per heavy atom. The molecule has 0 radical (unpaired) electrons. The van der Waals surface area contributed by atoms with Crippen LogP contribution in [0.3, 0.4) is 0 Å². The topological polar surface area (TPSA) is 128 Å². The van der Waals surface area contributed by atoms with Crippen LogP contribution in [0.4, 0.5) is 0 Å². The van der Waals surface area contributed by atoms with Gasteiger partial charge in [-0.3, -0.25) is 19.3 Å². The van der Waals surface area contributed by atoms with E-state index in [2.05, 4.69) is 22.8 Å². The van der Waals surface area contributed by atoms with E-state index >= 15 is 0 Å². The number of nitrogens with zero attached hydrogens (tertiary/aromatic N) is 1. The number of benzene rings is 1. The number of nitrogens with one attached hydrogen (secondary N) is 2. The molecular formula is C22H31N3O6. The summed E-state index contributed by atoms with van der Waals surface area (Å²) in [4.78, 5) is 35.4. The molecule has 0 aromatic heterocycles. The van der Waals surface area contributed by atoms with Crippen molar-refractivity contribution in [2.45, 2.75) is 43.9 Å². The first kappa shape index (κ1) is 23.2. The maximum Gasteiger partial charge on any atom is 0.290 e. The van der Waals surface area contributed by atoms with Crippen LogP contribution in [0.15, 0.2) is 24.3 Å². The molecule has 2 fully saturated rings. The number of fused-ring (bicyclic) bond motifs is 1. The lowest BCUT2D eigenvalue weighted by atomic mass is 10.1. The average molecular weight is 434 g/mol. The summed E-state index contributed by atoms with van der Waals surface area (Å²) < 4.78 is 5.29. The molecule has 2 amide bonds. The number of aliphatic hydroxyl groups is 1. The lowest BCUT2D eigenvalue weighted by Crippen LogP contribution is -2.47. The first-order valence-electron chi connectivity index (χ1n) is 10.7. The number of morpholine rings is 1. The fourth-order valence-electron chi connectivity index (χ4n) is 4.58. The largest absolute Gasteiger partial charge is 0.483 e. The molecule has 1 saturated carbocycles. The number of amides is 2. The molecule has 31 heavy (non-hydrogen) atoms. The number of hydrogen-bond donors (Lipinski definition) is 4. The Balaban J connectivity index is 0.000000858. The van der Waals surface area contributed by atoms with E-state index in [-0.39, 0.29) is 36.3 Å². The van der Waals surface area contributed by atoms with Crippen molar-refractivity contribution in [3.05, 3.63) is 35.4 Å². The van der Waals surface area contributed by atoms with E-state index in [9.17, 15) is 14.7 Å². The predicted octanol–water partition coefficient (Wildman–Crippen LogP) is -0.441. The first-order valence-corrected chi connectivity index (χ1v) is 10.7. The molecule has 9 heteroatoms. The van der Waals surface area contributed by atoms with Gasteiger partial charge in [-0.05, 0) is 36.8 Å². The fourth-order valence-corrected chi connectivity index (χ4v) is 4.58. The smallest absolute Gasteiger partial charge is 0.290 e. The summed E-state index contributed by atoms with van der Waals surface area (Å²) in [7, 11) is 0. The molecular weight excluding hydrogens is 402 g/mol. The summed E-state index contributed by atoms with van der Waals surface area (Å²) in [6.07, 6.45) is 1.92. The molecule has 1 aliphatic heterocycles. The zero-order valence-electron chi connectivity index (χ0n) is 17.5. The second-order valence-electron chi connectivity index (χ2n) is 8.29. The third-order valence-corrected chi connectivity index (χ3v) is 6.11. The summed E-state index contributed by atoms with van der Waals surface area (Å²) >= 11 is 0. The van der Waals surface area contributed by atoms with Crippen LogP contribution in [0.5, 0.6) is 0 Å². The molecule has 1 aromatic carbocycles. The van der Waals surface area contributed by atoms with Crippen LogP contribution in [0.2, 0.25) is 0 Å². The number of hydrogen-bond acceptors (Lipinski definition) is 6. The molecule has 4 rings (SSSR count). The maximum absolute atomic E-state index is 12.7. The Hall–Kier alpha value is -2.49. The van der Waals surface area contributed by atoms with Crippen molar-refractivity contribution >= 4 is 18.3 Å². The Labute approximate surface area is 181 Å². The van der Waals surface area contributed by atoms with Gasteiger partial charge >= 0.3 is 0 Å². The zero-order valence-corrected chi connectivity index (χ0v) is 17.5. The molecule has 0 spiro atoms. The van der Waals surface area contributed by atoms with E-state index in [1.165, 1.54) is 11.1 Å². The highest BCUT2D eigenvalue weighted by Crippen LogP contribution is 2.28.